The van der Waals surface area contributed by atoms with Gasteiger partial charge in [0, 0.05) is 6.54 Å². The maximum Gasteiger partial charge on any atom is 0.119 e. The zero-order valence-electron chi connectivity index (χ0n) is 10.8. The molecule has 2 nitrogen and oxygen atoms in total. The SMILES string of the molecule is Cc1cccc(OCCN2CCCCCC2)c1. The average molecular weight is 233 g/mol. The molecule has 1 heterocycles. The summed E-state index contributed by atoms with van der Waals surface area (Å²) in [6.45, 7) is 6.47. The highest BCUT2D eigenvalue weighted by Crippen LogP contribution is 2.13. The number of hydrogen-bond donors (Lipinski definition) is 0. The number of benzene rings is 1. The van der Waals surface area contributed by atoms with Crippen molar-refractivity contribution in [2.24, 2.45) is 0 Å². The minimum atomic E-state index is 0.809. The third-order valence-electron chi connectivity index (χ3n) is 3.36. The standard InChI is InChI=1S/C15H23NO/c1-14-7-6-8-15(13-14)17-12-11-16-9-4-2-3-5-10-16/h6-8,13H,2-5,9-12H2,1H3. The zero-order valence-corrected chi connectivity index (χ0v) is 10.8. The minimum absolute atomic E-state index is 0.809. The van der Waals surface area contributed by atoms with E-state index >= 15 is 0 Å². The van der Waals surface area contributed by atoms with E-state index in [0.29, 0.717) is 0 Å². The van der Waals surface area contributed by atoms with Crippen molar-refractivity contribution < 1.29 is 4.74 Å². The van der Waals surface area contributed by atoms with Crippen molar-refractivity contribution in [3.63, 3.8) is 0 Å². The second kappa shape index (κ2) is 6.65. The fraction of sp³-hybridized carbons (Fsp3) is 0.600. The molecule has 0 bridgehead atoms. The summed E-state index contributed by atoms with van der Waals surface area (Å²) in [5, 5.41) is 0. The van der Waals surface area contributed by atoms with Gasteiger partial charge in [-0.15, -0.1) is 0 Å². The second-order valence-corrected chi connectivity index (χ2v) is 4.92. The summed E-state index contributed by atoms with van der Waals surface area (Å²) in [6.07, 6.45) is 5.50. The number of ether oxygens (including phenoxy) is 1. The highest BCUT2D eigenvalue weighted by atomic mass is 16.5. The topological polar surface area (TPSA) is 12.5 Å². The number of rotatable bonds is 4. The largest absolute Gasteiger partial charge is 0.492 e. The van der Waals surface area contributed by atoms with Crippen molar-refractivity contribution in [2.45, 2.75) is 32.6 Å². The van der Waals surface area contributed by atoms with E-state index in [1.54, 1.807) is 0 Å². The van der Waals surface area contributed by atoms with Crippen LogP contribution in [0.4, 0.5) is 0 Å². The number of aryl methyl sites for hydroxylation is 1. The van der Waals surface area contributed by atoms with E-state index in [2.05, 4.69) is 30.0 Å². The molecule has 0 radical (unpaired) electrons. The second-order valence-electron chi connectivity index (χ2n) is 4.92. The van der Waals surface area contributed by atoms with Crippen LogP contribution in [-0.2, 0) is 0 Å². The van der Waals surface area contributed by atoms with E-state index in [0.717, 1.165) is 18.9 Å². The van der Waals surface area contributed by atoms with Gasteiger partial charge in [0.2, 0.25) is 0 Å². The van der Waals surface area contributed by atoms with Gasteiger partial charge < -0.3 is 4.74 Å². The molecule has 1 aromatic rings. The molecule has 0 atom stereocenters. The molecular formula is C15H23NO. The Hall–Kier alpha value is -1.02. The van der Waals surface area contributed by atoms with Gasteiger partial charge in [0.25, 0.3) is 0 Å². The summed E-state index contributed by atoms with van der Waals surface area (Å²) in [6, 6.07) is 8.29. The quantitative estimate of drug-likeness (QED) is 0.791. The highest BCUT2D eigenvalue weighted by Gasteiger charge is 2.08. The Kier molecular flexibility index (Phi) is 4.87. The smallest absolute Gasteiger partial charge is 0.119 e. The molecule has 1 fully saturated rings. The zero-order chi connectivity index (χ0) is 11.9. The third-order valence-corrected chi connectivity index (χ3v) is 3.36. The molecule has 0 spiro atoms. The maximum absolute atomic E-state index is 5.79. The molecule has 0 aromatic heterocycles. The predicted molar refractivity (Wildman–Crippen MR) is 71.6 cm³/mol. The van der Waals surface area contributed by atoms with Crippen LogP contribution >= 0.6 is 0 Å². The van der Waals surface area contributed by atoms with Gasteiger partial charge >= 0.3 is 0 Å². The molecule has 2 rings (SSSR count). The number of hydrogen-bond acceptors (Lipinski definition) is 2. The van der Waals surface area contributed by atoms with Crippen LogP contribution in [0.15, 0.2) is 24.3 Å². The van der Waals surface area contributed by atoms with Gasteiger partial charge in [0.15, 0.2) is 0 Å². The fourth-order valence-corrected chi connectivity index (χ4v) is 2.36. The lowest BCUT2D eigenvalue weighted by molar-refractivity contribution is 0.214. The molecule has 1 aromatic carbocycles. The van der Waals surface area contributed by atoms with Gasteiger partial charge in [-0.05, 0) is 50.6 Å². The summed E-state index contributed by atoms with van der Waals surface area (Å²) >= 11 is 0. The maximum atomic E-state index is 5.79. The fourth-order valence-electron chi connectivity index (χ4n) is 2.36. The summed E-state index contributed by atoms with van der Waals surface area (Å²) in [5.41, 5.74) is 1.26. The van der Waals surface area contributed by atoms with Crippen molar-refractivity contribution in [1.29, 1.82) is 0 Å². The lowest BCUT2D eigenvalue weighted by Gasteiger charge is -2.19. The van der Waals surface area contributed by atoms with Gasteiger partial charge in [0.05, 0.1) is 0 Å². The van der Waals surface area contributed by atoms with Crippen molar-refractivity contribution >= 4 is 0 Å². The van der Waals surface area contributed by atoms with E-state index in [9.17, 15) is 0 Å². The Morgan fingerprint density at radius 2 is 1.88 bits per heavy atom. The molecule has 0 aliphatic carbocycles. The van der Waals surface area contributed by atoms with Gasteiger partial charge in [-0.25, -0.2) is 0 Å². The molecule has 1 aliphatic heterocycles. The van der Waals surface area contributed by atoms with Crippen LogP contribution in [0.2, 0.25) is 0 Å². The van der Waals surface area contributed by atoms with E-state index in [-0.39, 0.29) is 0 Å². The van der Waals surface area contributed by atoms with E-state index < -0.39 is 0 Å². The van der Waals surface area contributed by atoms with Gasteiger partial charge in [-0.1, -0.05) is 25.0 Å². The molecule has 17 heavy (non-hydrogen) atoms. The highest BCUT2D eigenvalue weighted by molar-refractivity contribution is 5.27. The number of likely N-dealkylation sites (tertiary alicyclic amines) is 1. The first-order valence-corrected chi connectivity index (χ1v) is 6.76. The Morgan fingerprint density at radius 3 is 2.59 bits per heavy atom. The van der Waals surface area contributed by atoms with Crippen molar-refractivity contribution in [1.82, 2.24) is 4.90 Å². The predicted octanol–water partition coefficient (Wildman–Crippen LogP) is 3.25. The monoisotopic (exact) mass is 233 g/mol. The molecule has 1 aliphatic rings. The molecule has 0 saturated carbocycles. The van der Waals surface area contributed by atoms with Crippen molar-refractivity contribution in [3.05, 3.63) is 29.8 Å². The number of nitrogens with zero attached hydrogens (tertiary/aromatic N) is 1. The minimum Gasteiger partial charge on any atom is -0.492 e. The van der Waals surface area contributed by atoms with Crippen LogP contribution in [0.5, 0.6) is 5.75 Å². The van der Waals surface area contributed by atoms with E-state index in [1.807, 2.05) is 6.07 Å². The molecule has 0 amide bonds. The van der Waals surface area contributed by atoms with Crippen molar-refractivity contribution in [3.8, 4) is 5.75 Å². The van der Waals surface area contributed by atoms with Crippen LogP contribution < -0.4 is 4.74 Å². The van der Waals surface area contributed by atoms with Gasteiger partial charge in [-0.2, -0.15) is 0 Å². The summed E-state index contributed by atoms with van der Waals surface area (Å²) in [4.78, 5) is 2.53. The molecule has 1 saturated heterocycles. The van der Waals surface area contributed by atoms with Crippen LogP contribution in [0.25, 0.3) is 0 Å². The van der Waals surface area contributed by atoms with E-state index in [1.165, 1.54) is 44.3 Å². The summed E-state index contributed by atoms with van der Waals surface area (Å²) in [7, 11) is 0. The average Bonchev–Trinajstić information content (AvgIpc) is 2.58. The normalized spacial score (nSPS) is 17.7. The Labute approximate surface area is 105 Å². The molecule has 0 unspecified atom stereocenters. The molecular weight excluding hydrogens is 210 g/mol. The van der Waals surface area contributed by atoms with Gasteiger partial charge in [-0.3, -0.25) is 4.90 Å². The Balaban J connectivity index is 1.71. The molecule has 0 N–H and O–H groups in total. The lowest BCUT2D eigenvalue weighted by atomic mass is 10.2. The molecule has 94 valence electrons. The van der Waals surface area contributed by atoms with Gasteiger partial charge in [0.1, 0.15) is 12.4 Å². The Bertz CT molecular complexity index is 329. The first kappa shape index (κ1) is 12.4. The first-order valence-electron chi connectivity index (χ1n) is 6.76. The van der Waals surface area contributed by atoms with Crippen LogP contribution in [0.3, 0.4) is 0 Å². The summed E-state index contributed by atoms with van der Waals surface area (Å²) < 4.78 is 5.79. The van der Waals surface area contributed by atoms with Crippen LogP contribution in [0, 0.1) is 6.92 Å². The van der Waals surface area contributed by atoms with Crippen LogP contribution in [-0.4, -0.2) is 31.1 Å². The molecule has 2 heteroatoms. The van der Waals surface area contributed by atoms with E-state index in [4.69, 9.17) is 4.74 Å². The first-order chi connectivity index (χ1) is 8.34. The summed E-state index contributed by atoms with van der Waals surface area (Å²) in [5.74, 6) is 1.000. The van der Waals surface area contributed by atoms with Crippen molar-refractivity contribution in [2.75, 3.05) is 26.2 Å². The third kappa shape index (κ3) is 4.39. The lowest BCUT2D eigenvalue weighted by Crippen LogP contribution is -2.29. The van der Waals surface area contributed by atoms with Crippen LogP contribution in [0.1, 0.15) is 31.2 Å². The Morgan fingerprint density at radius 1 is 1.12 bits per heavy atom.